The quantitative estimate of drug-likeness (QED) is 0.0573. The molecule has 1 unspecified atom stereocenters. The molecule has 70 heavy (non-hydrogen) atoms. The Labute approximate surface area is 418 Å². The van der Waals surface area contributed by atoms with Gasteiger partial charge in [-0.15, -0.1) is 11.3 Å². The lowest BCUT2D eigenvalue weighted by Gasteiger charge is -2.40. The molecule has 3 aliphatic rings. The van der Waals surface area contributed by atoms with Gasteiger partial charge in [-0.25, -0.2) is 15.0 Å². The van der Waals surface area contributed by atoms with Gasteiger partial charge < -0.3 is 24.3 Å². The first-order valence-corrected chi connectivity index (χ1v) is 25.4. The van der Waals surface area contributed by atoms with Gasteiger partial charge in [-0.1, -0.05) is 46.9 Å². The van der Waals surface area contributed by atoms with Crippen LogP contribution < -0.4 is 10.7 Å². The number of pyridine rings is 1. The first kappa shape index (κ1) is 52.0. The topological polar surface area (TPSA) is 171 Å². The molecule has 4 aromatic rings. The van der Waals surface area contributed by atoms with Gasteiger partial charge in [0.25, 0.3) is 5.91 Å². The number of fused-ring (bicyclic) bond motifs is 6. The van der Waals surface area contributed by atoms with Crippen molar-refractivity contribution >= 4 is 68.4 Å². The number of hydrogen-bond acceptors (Lipinski definition) is 11. The maximum Gasteiger partial charge on any atom is 0.497 e. The first-order chi connectivity index (χ1) is 33.2. The number of aryl methyl sites for hydroxylation is 1. The molecule has 6 bridgehead atoms. The van der Waals surface area contributed by atoms with Gasteiger partial charge in [0, 0.05) is 84.6 Å². The Morgan fingerprint density at radius 2 is 1.91 bits per heavy atom. The van der Waals surface area contributed by atoms with E-state index < -0.39 is 46.4 Å². The second kappa shape index (κ2) is 21.3. The average molecular weight is 990 g/mol. The number of hydrogen-bond donors (Lipinski definition) is 2. The van der Waals surface area contributed by atoms with Gasteiger partial charge in [0.2, 0.25) is 11.8 Å². The van der Waals surface area contributed by atoms with E-state index in [1.54, 1.807) is 38.5 Å². The molecule has 7 rings (SSSR count). The second-order valence-electron chi connectivity index (χ2n) is 19.9. The summed E-state index contributed by atoms with van der Waals surface area (Å²) in [6, 6.07) is 9.12. The number of esters is 1. The number of rotatable bonds is 11. The summed E-state index contributed by atoms with van der Waals surface area (Å²) in [5, 5.41) is 6.21. The fraction of sp³-hybridized carbons (Fsp3) is 0.500. The van der Waals surface area contributed by atoms with E-state index in [-0.39, 0.29) is 49.1 Å². The Balaban J connectivity index is 1.25. The number of hydrazine groups is 1. The fourth-order valence-electron chi connectivity index (χ4n) is 9.92. The number of nitrogens with one attached hydrogen (secondary N) is 2. The van der Waals surface area contributed by atoms with Crippen molar-refractivity contribution in [2.75, 3.05) is 47.4 Å². The second-order valence-corrected chi connectivity index (χ2v) is 21.7. The van der Waals surface area contributed by atoms with E-state index in [0.717, 1.165) is 39.0 Å². The molecule has 2 N–H and O–H groups in total. The summed E-state index contributed by atoms with van der Waals surface area (Å²) in [6.07, 6.45) is 6.73. The van der Waals surface area contributed by atoms with Gasteiger partial charge >= 0.3 is 12.0 Å². The molecule has 16 nitrogen and oxygen atoms in total. The summed E-state index contributed by atoms with van der Waals surface area (Å²) in [5.74, 6) is -3.05. The number of thiazole rings is 1. The van der Waals surface area contributed by atoms with E-state index in [4.69, 9.17) is 19.4 Å². The van der Waals surface area contributed by atoms with Crippen LogP contribution in [0.15, 0.2) is 66.8 Å². The summed E-state index contributed by atoms with van der Waals surface area (Å²) in [6.45, 7) is 21.9. The lowest BCUT2D eigenvalue weighted by atomic mass is 9.84. The van der Waals surface area contributed by atoms with Crippen molar-refractivity contribution in [3.8, 4) is 22.5 Å². The number of carbonyl (C=O) groups is 5. The van der Waals surface area contributed by atoms with Crippen molar-refractivity contribution in [3.05, 3.63) is 83.1 Å². The van der Waals surface area contributed by atoms with Gasteiger partial charge in [-0.2, -0.15) is 9.69 Å². The molecule has 0 spiro atoms. The molecule has 6 heterocycles. The highest BCUT2D eigenvalue weighted by Gasteiger charge is 2.45. The normalized spacial score (nSPS) is 21.8. The minimum Gasteiger partial charge on any atom is -0.464 e. The molecular weight excluding hydrogens is 923 g/mol. The Morgan fingerprint density at radius 3 is 2.61 bits per heavy atom. The van der Waals surface area contributed by atoms with Gasteiger partial charge in [-0.05, 0) is 81.4 Å². The van der Waals surface area contributed by atoms with Gasteiger partial charge in [0.05, 0.1) is 65.4 Å². The highest BCUT2D eigenvalue weighted by Crippen LogP contribution is 2.42. The summed E-state index contributed by atoms with van der Waals surface area (Å²) in [4.78, 5) is 82.7. The van der Waals surface area contributed by atoms with Crippen LogP contribution >= 0.6 is 11.3 Å². The van der Waals surface area contributed by atoms with Crippen molar-refractivity contribution < 1.29 is 38.0 Å². The van der Waals surface area contributed by atoms with Crippen LogP contribution in [-0.2, 0) is 48.0 Å². The fourth-order valence-corrected chi connectivity index (χ4v) is 11.4. The van der Waals surface area contributed by atoms with Crippen LogP contribution in [0.25, 0.3) is 33.4 Å². The molecule has 3 aromatic heterocycles. The molecule has 2 saturated heterocycles. The van der Waals surface area contributed by atoms with Gasteiger partial charge in [0.15, 0.2) is 0 Å². The third-order valence-corrected chi connectivity index (χ3v) is 15.1. The van der Waals surface area contributed by atoms with Crippen LogP contribution in [0.3, 0.4) is 0 Å². The first-order valence-electron chi connectivity index (χ1n) is 24.1. The van der Waals surface area contributed by atoms with Crippen LogP contribution in [0.2, 0.25) is 0 Å². The van der Waals surface area contributed by atoms with E-state index in [1.165, 1.54) is 31.9 Å². The number of aromatic nitrogens is 3. The Kier molecular flexibility index (Phi) is 15.8. The maximum atomic E-state index is 15.0. The highest BCUT2D eigenvalue weighted by molar-refractivity contribution is 7.10. The van der Waals surface area contributed by atoms with E-state index in [9.17, 15) is 24.0 Å². The monoisotopic (exact) mass is 989 g/mol. The summed E-state index contributed by atoms with van der Waals surface area (Å²) < 4.78 is 15.7. The minimum absolute atomic E-state index is 0.0455. The van der Waals surface area contributed by atoms with Crippen molar-refractivity contribution in [1.82, 2.24) is 40.1 Å². The zero-order valence-corrected chi connectivity index (χ0v) is 43.8. The SMILES string of the molecule is C=CC(=O)N1CCC(/C=[N+](\C)C(=O)N(C)C(=C)[C@H](C(=O)N[C@@]2([Si])Cc3nc(cs3)-c3ccc4c(c3)c(c(-c3cccnc3[C@H](C)OC)n4CC)CC(C)(C)COC(=O)[C@@H]3CCCN(N3)C2=O)C(C)C)C1. The van der Waals surface area contributed by atoms with E-state index in [0.29, 0.717) is 56.0 Å². The molecule has 5 atom stereocenters. The number of cyclic esters (lactones) is 1. The summed E-state index contributed by atoms with van der Waals surface area (Å²) >= 11 is 1.37. The molecular formula is C52H67N9O7SSi+. The smallest absolute Gasteiger partial charge is 0.464 e. The van der Waals surface area contributed by atoms with Crippen LogP contribution in [0.4, 0.5) is 4.79 Å². The molecule has 1 aromatic carbocycles. The number of likely N-dealkylation sites (tertiary alicyclic amines) is 1. The maximum absolute atomic E-state index is 15.0. The standard InChI is InChI=1S/C52H66N9O7SSi/c1-12-43(62)59-23-20-34(28-59)27-57(9)50(66)58(10)32(5)44(31(3)4)47(63)55-52(70)26-42-54-40(29-69-42)35-18-19-41-37(24-35)38(46(60(41)13-2)36-16-14-21-53-45(36)33(6)67-11)25-51(7,8)30-68-48(64)39-17-15-22-61(56-39)49(52)65/h12,14,16,18-19,21,24,27,29,31,33-34,39,44,56H,1,5,13,15,17,20,22-23,25-26,28,30H2,2-4,6-11H3/p+1/b57-27+/t33-,34?,39-,44+,52+/m0/s1. The third-order valence-electron chi connectivity index (χ3n) is 13.7. The molecule has 18 heteroatoms. The third kappa shape index (κ3) is 10.7. The summed E-state index contributed by atoms with van der Waals surface area (Å²) in [5.41, 5.74) is 9.36. The highest BCUT2D eigenvalue weighted by atomic mass is 32.1. The molecule has 0 aliphatic carbocycles. The molecule has 2 fully saturated rings. The van der Waals surface area contributed by atoms with E-state index in [1.807, 2.05) is 32.2 Å². The molecule has 5 amide bonds. The van der Waals surface area contributed by atoms with Crippen LogP contribution in [0.5, 0.6) is 0 Å². The van der Waals surface area contributed by atoms with Crippen LogP contribution in [0.1, 0.15) is 83.2 Å². The molecule has 3 radical (unpaired) electrons. The molecule has 371 valence electrons. The van der Waals surface area contributed by atoms with Crippen LogP contribution in [0, 0.1) is 23.2 Å². The Bertz CT molecular complexity index is 2730. The number of methoxy groups -OCH3 is 1. The zero-order valence-electron chi connectivity index (χ0n) is 42.0. The van der Waals surface area contributed by atoms with E-state index >= 15 is 0 Å². The number of ether oxygens (including phenoxy) is 2. The van der Waals surface area contributed by atoms with Crippen LogP contribution in [-0.4, -0.2) is 139 Å². The van der Waals surface area contributed by atoms with Crippen molar-refractivity contribution in [2.45, 2.75) is 97.5 Å². The largest absolute Gasteiger partial charge is 0.497 e. The lowest BCUT2D eigenvalue weighted by Crippen LogP contribution is -2.67. The Hall–Kier alpha value is -5.82. The molecule has 3 aliphatic heterocycles. The van der Waals surface area contributed by atoms with E-state index in [2.05, 4.69) is 83.7 Å². The minimum atomic E-state index is -1.76. The zero-order chi connectivity index (χ0) is 50.8. The van der Waals surface area contributed by atoms with Gasteiger partial charge in [-0.3, -0.25) is 29.2 Å². The van der Waals surface area contributed by atoms with Crippen molar-refractivity contribution in [1.29, 1.82) is 0 Å². The lowest BCUT2D eigenvalue weighted by molar-refractivity contribution is -0.398. The predicted octanol–water partition coefficient (Wildman–Crippen LogP) is 6.28. The molecule has 0 saturated carbocycles. The van der Waals surface area contributed by atoms with Gasteiger partial charge in [0.1, 0.15) is 22.8 Å². The number of carbonyl (C=O) groups excluding carboxylic acids is 5. The van der Waals surface area contributed by atoms with Crippen molar-refractivity contribution in [3.63, 3.8) is 0 Å². The van der Waals surface area contributed by atoms with Crippen molar-refractivity contribution in [2.24, 2.45) is 23.2 Å². The summed E-state index contributed by atoms with van der Waals surface area (Å²) in [7, 11) is 8.70. The number of nitrogens with zero attached hydrogens (tertiary/aromatic N) is 7. The number of benzene rings is 1. The average Bonchev–Trinajstić information content (AvgIpc) is 4.09. The number of urea groups is 1. The predicted molar refractivity (Wildman–Crippen MR) is 272 cm³/mol. The number of amides is 5. The Morgan fingerprint density at radius 1 is 1.16 bits per heavy atom.